The third-order valence-electron chi connectivity index (χ3n) is 4.26. The monoisotopic (exact) mass is 280 g/mol. The van der Waals surface area contributed by atoms with Crippen molar-refractivity contribution in [2.45, 2.75) is 65.0 Å². The molecule has 3 atom stereocenters. The Kier molecular flexibility index (Phi) is 5.40. The predicted octanol–water partition coefficient (Wildman–Crippen LogP) is 3.15. The molecule has 1 aromatic rings. The summed E-state index contributed by atoms with van der Waals surface area (Å²) in [4.78, 5) is 2.17. The first-order chi connectivity index (χ1) is 9.61. The van der Waals surface area contributed by atoms with Gasteiger partial charge in [0.05, 0.1) is 6.04 Å². The molecular formula is C15H28N4O. The van der Waals surface area contributed by atoms with Crippen molar-refractivity contribution in [3.8, 4) is 0 Å². The summed E-state index contributed by atoms with van der Waals surface area (Å²) in [6.45, 7) is 7.51. The highest BCUT2D eigenvalue weighted by Crippen LogP contribution is 2.29. The van der Waals surface area contributed by atoms with Crippen molar-refractivity contribution >= 4 is 6.01 Å². The summed E-state index contributed by atoms with van der Waals surface area (Å²) in [6, 6.07) is 1.31. The van der Waals surface area contributed by atoms with Crippen LogP contribution in [0, 0.1) is 5.92 Å². The molecule has 5 nitrogen and oxygen atoms in total. The van der Waals surface area contributed by atoms with Crippen molar-refractivity contribution in [1.29, 1.82) is 0 Å². The highest BCUT2D eigenvalue weighted by molar-refractivity contribution is 5.25. The molecule has 0 aliphatic heterocycles. The van der Waals surface area contributed by atoms with Crippen molar-refractivity contribution in [1.82, 2.24) is 15.5 Å². The van der Waals surface area contributed by atoms with Crippen molar-refractivity contribution in [2.75, 3.05) is 18.5 Å². The van der Waals surface area contributed by atoms with Gasteiger partial charge in [-0.2, -0.15) is 0 Å². The van der Waals surface area contributed by atoms with E-state index in [-0.39, 0.29) is 6.04 Å². The Hall–Kier alpha value is -1.10. The lowest BCUT2D eigenvalue weighted by atomic mass is 9.86. The Morgan fingerprint density at radius 1 is 1.40 bits per heavy atom. The highest BCUT2D eigenvalue weighted by Gasteiger charge is 2.26. The fourth-order valence-corrected chi connectivity index (χ4v) is 2.90. The largest absolute Gasteiger partial charge is 0.406 e. The maximum Gasteiger partial charge on any atom is 0.318 e. The summed E-state index contributed by atoms with van der Waals surface area (Å²) in [6.07, 6.45) is 6.19. The van der Waals surface area contributed by atoms with E-state index >= 15 is 0 Å². The minimum atomic E-state index is 0.120. The number of nitrogens with one attached hydrogen (secondary N) is 1. The summed E-state index contributed by atoms with van der Waals surface area (Å²) in [5.74, 6) is 1.48. The van der Waals surface area contributed by atoms with E-state index in [2.05, 4.69) is 48.2 Å². The lowest BCUT2D eigenvalue weighted by Crippen LogP contribution is -2.35. The third kappa shape index (κ3) is 3.72. The molecule has 1 aliphatic rings. The van der Waals surface area contributed by atoms with E-state index in [1.165, 1.54) is 25.7 Å². The van der Waals surface area contributed by atoms with Crippen LogP contribution in [0.4, 0.5) is 6.01 Å². The van der Waals surface area contributed by atoms with Crippen LogP contribution in [0.3, 0.4) is 0 Å². The topological polar surface area (TPSA) is 54.2 Å². The highest BCUT2D eigenvalue weighted by atomic mass is 16.4. The standard InChI is InChI=1S/C15H28N4O/c1-5-9-16-12(3)14-17-18-15(20-14)19(4)13-8-6-7-11(2)10-13/h11-13,16H,5-10H2,1-4H3. The molecular weight excluding hydrogens is 252 g/mol. The molecule has 0 radical (unpaired) electrons. The third-order valence-corrected chi connectivity index (χ3v) is 4.26. The lowest BCUT2D eigenvalue weighted by molar-refractivity contribution is 0.323. The molecule has 5 heteroatoms. The predicted molar refractivity (Wildman–Crippen MR) is 80.8 cm³/mol. The SMILES string of the molecule is CCCNC(C)c1nnc(N(C)C2CCCC(C)C2)o1. The Labute approximate surface area is 122 Å². The minimum Gasteiger partial charge on any atom is -0.406 e. The average molecular weight is 280 g/mol. The maximum absolute atomic E-state index is 5.83. The number of anilines is 1. The molecule has 1 aliphatic carbocycles. The van der Waals surface area contributed by atoms with Gasteiger partial charge in [0, 0.05) is 13.1 Å². The van der Waals surface area contributed by atoms with Crippen LogP contribution in [0.15, 0.2) is 4.42 Å². The molecule has 2 rings (SSSR count). The Bertz CT molecular complexity index is 406. The van der Waals surface area contributed by atoms with Gasteiger partial charge in [0.1, 0.15) is 0 Å². The lowest BCUT2D eigenvalue weighted by Gasteiger charge is -2.32. The number of nitrogens with zero attached hydrogens (tertiary/aromatic N) is 3. The van der Waals surface area contributed by atoms with Crippen molar-refractivity contribution in [3.63, 3.8) is 0 Å². The van der Waals surface area contributed by atoms with Gasteiger partial charge in [0.2, 0.25) is 5.89 Å². The van der Waals surface area contributed by atoms with E-state index in [0.29, 0.717) is 17.9 Å². The zero-order valence-electron chi connectivity index (χ0n) is 13.2. The first-order valence-electron chi connectivity index (χ1n) is 7.91. The van der Waals surface area contributed by atoms with Gasteiger partial charge in [0.15, 0.2) is 0 Å². The second-order valence-corrected chi connectivity index (χ2v) is 6.14. The Morgan fingerprint density at radius 3 is 2.90 bits per heavy atom. The van der Waals surface area contributed by atoms with Crippen LogP contribution < -0.4 is 10.2 Å². The van der Waals surface area contributed by atoms with Crippen molar-refractivity contribution in [2.24, 2.45) is 5.92 Å². The molecule has 0 spiro atoms. The van der Waals surface area contributed by atoms with Gasteiger partial charge in [0.25, 0.3) is 0 Å². The molecule has 20 heavy (non-hydrogen) atoms. The van der Waals surface area contributed by atoms with Gasteiger partial charge >= 0.3 is 6.01 Å². The molecule has 1 fully saturated rings. The number of hydrogen-bond donors (Lipinski definition) is 1. The second-order valence-electron chi connectivity index (χ2n) is 6.14. The van der Waals surface area contributed by atoms with Gasteiger partial charge in [-0.05, 0) is 38.6 Å². The van der Waals surface area contributed by atoms with Crippen LogP contribution in [0.2, 0.25) is 0 Å². The summed E-state index contributed by atoms with van der Waals surface area (Å²) >= 11 is 0. The van der Waals surface area contributed by atoms with Crippen molar-refractivity contribution in [3.05, 3.63) is 5.89 Å². The minimum absolute atomic E-state index is 0.120. The number of rotatable bonds is 6. The summed E-state index contributed by atoms with van der Waals surface area (Å²) < 4.78 is 5.83. The van der Waals surface area contributed by atoms with Crippen LogP contribution in [-0.2, 0) is 0 Å². The van der Waals surface area contributed by atoms with Gasteiger partial charge in [-0.1, -0.05) is 31.8 Å². The fourth-order valence-electron chi connectivity index (χ4n) is 2.90. The van der Waals surface area contributed by atoms with Crippen molar-refractivity contribution < 1.29 is 4.42 Å². The normalized spacial score (nSPS) is 24.6. The van der Waals surface area contributed by atoms with Gasteiger partial charge in [-0.25, -0.2) is 0 Å². The zero-order valence-corrected chi connectivity index (χ0v) is 13.2. The smallest absolute Gasteiger partial charge is 0.318 e. The molecule has 114 valence electrons. The fraction of sp³-hybridized carbons (Fsp3) is 0.867. The molecule has 0 amide bonds. The zero-order chi connectivity index (χ0) is 14.5. The van der Waals surface area contributed by atoms with Crippen LogP contribution in [0.25, 0.3) is 0 Å². The van der Waals surface area contributed by atoms with E-state index in [0.717, 1.165) is 18.9 Å². The van der Waals surface area contributed by atoms with Gasteiger partial charge < -0.3 is 14.6 Å². The van der Waals surface area contributed by atoms with Crippen LogP contribution in [0.5, 0.6) is 0 Å². The summed E-state index contributed by atoms with van der Waals surface area (Å²) in [7, 11) is 2.07. The Balaban J connectivity index is 1.96. The van der Waals surface area contributed by atoms with Gasteiger partial charge in [-0.3, -0.25) is 0 Å². The Morgan fingerprint density at radius 2 is 2.20 bits per heavy atom. The molecule has 3 unspecified atom stereocenters. The van der Waals surface area contributed by atoms with Crippen LogP contribution >= 0.6 is 0 Å². The van der Waals surface area contributed by atoms with E-state index < -0.39 is 0 Å². The van der Waals surface area contributed by atoms with Gasteiger partial charge in [-0.15, -0.1) is 5.10 Å². The quantitative estimate of drug-likeness (QED) is 0.867. The number of hydrogen-bond acceptors (Lipinski definition) is 5. The molecule has 1 N–H and O–H groups in total. The molecule has 1 aromatic heterocycles. The molecule has 1 heterocycles. The van der Waals surface area contributed by atoms with E-state index in [4.69, 9.17) is 4.42 Å². The first kappa shape index (κ1) is 15.3. The molecule has 0 aromatic carbocycles. The average Bonchev–Trinajstić information content (AvgIpc) is 2.93. The summed E-state index contributed by atoms with van der Waals surface area (Å²) in [5, 5.41) is 11.8. The van der Waals surface area contributed by atoms with Crippen LogP contribution in [-0.4, -0.2) is 29.8 Å². The number of aromatic nitrogens is 2. The van der Waals surface area contributed by atoms with E-state index in [9.17, 15) is 0 Å². The second kappa shape index (κ2) is 7.07. The first-order valence-corrected chi connectivity index (χ1v) is 7.91. The molecule has 0 bridgehead atoms. The van der Waals surface area contributed by atoms with E-state index in [1.807, 2.05) is 0 Å². The maximum atomic E-state index is 5.83. The molecule has 1 saturated carbocycles. The molecule has 0 saturated heterocycles. The summed E-state index contributed by atoms with van der Waals surface area (Å²) in [5.41, 5.74) is 0. The van der Waals surface area contributed by atoms with E-state index in [1.54, 1.807) is 0 Å². The van der Waals surface area contributed by atoms with Crippen LogP contribution in [0.1, 0.15) is 64.8 Å².